The first kappa shape index (κ1) is 16.1. The molecule has 0 saturated heterocycles. The predicted octanol–water partition coefficient (Wildman–Crippen LogP) is 3.89. The van der Waals surface area contributed by atoms with Gasteiger partial charge >= 0.3 is 6.09 Å². The summed E-state index contributed by atoms with van der Waals surface area (Å²) < 4.78 is 0. The Morgan fingerprint density at radius 2 is 1.71 bits per heavy atom. The second kappa shape index (κ2) is 6.00. The summed E-state index contributed by atoms with van der Waals surface area (Å²) >= 11 is 0. The molecule has 0 fully saturated rings. The normalized spacial score (nSPS) is 19.5. The fourth-order valence-corrected chi connectivity index (χ4v) is 3.58. The molecule has 5 nitrogen and oxygen atoms in total. The van der Waals surface area contributed by atoms with Crippen LogP contribution in [0, 0.1) is 0 Å². The van der Waals surface area contributed by atoms with E-state index in [1.807, 2.05) is 55.5 Å². The number of fused-ring (bicyclic) bond motifs is 1. The third kappa shape index (κ3) is 2.52. The molecule has 24 heavy (non-hydrogen) atoms. The van der Waals surface area contributed by atoms with Crippen LogP contribution in [0.1, 0.15) is 25.8 Å². The molecule has 2 aromatic rings. The van der Waals surface area contributed by atoms with Crippen molar-refractivity contribution in [2.24, 2.45) is 0 Å². The summed E-state index contributed by atoms with van der Waals surface area (Å²) in [6, 6.07) is 16.7. The zero-order valence-electron chi connectivity index (χ0n) is 13.8. The minimum Gasteiger partial charge on any atom is -0.465 e. The van der Waals surface area contributed by atoms with Crippen LogP contribution in [0.25, 0.3) is 0 Å². The molecule has 1 N–H and O–H groups in total. The lowest BCUT2D eigenvalue weighted by Crippen LogP contribution is -2.64. The molecule has 1 unspecified atom stereocenters. The summed E-state index contributed by atoms with van der Waals surface area (Å²) in [4.78, 5) is 27.4. The Bertz CT molecular complexity index is 775. The van der Waals surface area contributed by atoms with Gasteiger partial charge in [-0.05, 0) is 43.5 Å². The molecule has 5 heteroatoms. The molecular weight excluding hydrogens is 304 g/mol. The van der Waals surface area contributed by atoms with Gasteiger partial charge < -0.3 is 5.11 Å². The summed E-state index contributed by atoms with van der Waals surface area (Å²) in [6.45, 7) is 3.28. The maximum atomic E-state index is 12.4. The van der Waals surface area contributed by atoms with E-state index in [0.29, 0.717) is 24.2 Å². The van der Waals surface area contributed by atoms with Crippen molar-refractivity contribution < 1.29 is 14.7 Å². The number of anilines is 2. The molecule has 0 spiro atoms. The average Bonchev–Trinajstić information content (AvgIpc) is 2.55. The third-order valence-corrected chi connectivity index (χ3v) is 4.58. The van der Waals surface area contributed by atoms with Crippen molar-refractivity contribution in [1.82, 2.24) is 0 Å². The van der Waals surface area contributed by atoms with Crippen LogP contribution in [0.4, 0.5) is 16.2 Å². The van der Waals surface area contributed by atoms with Gasteiger partial charge in [0.05, 0.1) is 5.69 Å². The standard InChI is InChI=1S/C19H20N2O3/c1-14(22)20(16-9-4-3-5-10-16)19(2)13-12-15-8-6-7-11-17(15)21(19)18(23)24/h3-11H,12-13H2,1-2H3,(H,23,24). The highest BCUT2D eigenvalue weighted by Crippen LogP contribution is 2.41. The number of carbonyl (C=O) groups excluding carboxylic acids is 1. The Morgan fingerprint density at radius 3 is 2.33 bits per heavy atom. The SMILES string of the molecule is CC(=O)N(c1ccccc1)C1(C)CCc2ccccc2N1C(=O)O. The lowest BCUT2D eigenvalue weighted by molar-refractivity contribution is -0.117. The fraction of sp³-hybridized carbons (Fsp3) is 0.263. The number of carbonyl (C=O) groups is 2. The fourth-order valence-electron chi connectivity index (χ4n) is 3.58. The Morgan fingerprint density at radius 1 is 1.08 bits per heavy atom. The van der Waals surface area contributed by atoms with E-state index in [1.165, 1.54) is 11.8 Å². The Kier molecular flexibility index (Phi) is 4.01. The maximum absolute atomic E-state index is 12.4. The van der Waals surface area contributed by atoms with Gasteiger partial charge in [-0.3, -0.25) is 14.6 Å². The molecule has 0 bridgehead atoms. The lowest BCUT2D eigenvalue weighted by atomic mass is 9.90. The molecule has 1 aliphatic rings. The van der Waals surface area contributed by atoms with Crippen molar-refractivity contribution in [3.8, 4) is 0 Å². The van der Waals surface area contributed by atoms with Gasteiger partial charge in [0.25, 0.3) is 0 Å². The first-order valence-electron chi connectivity index (χ1n) is 7.92. The summed E-state index contributed by atoms with van der Waals surface area (Å²) in [7, 11) is 0. The maximum Gasteiger partial charge on any atom is 0.413 e. The lowest BCUT2D eigenvalue weighted by Gasteiger charge is -2.50. The van der Waals surface area contributed by atoms with Gasteiger partial charge in [0.15, 0.2) is 0 Å². The van der Waals surface area contributed by atoms with Gasteiger partial charge in [0, 0.05) is 12.6 Å². The third-order valence-electron chi connectivity index (χ3n) is 4.58. The molecular formula is C19H20N2O3. The molecule has 0 saturated carbocycles. The van der Waals surface area contributed by atoms with Crippen LogP contribution >= 0.6 is 0 Å². The predicted molar refractivity (Wildman–Crippen MR) is 93.3 cm³/mol. The number of carboxylic acid groups (broad SMARTS) is 1. The Balaban J connectivity index is 2.16. The molecule has 2 aromatic carbocycles. The van der Waals surface area contributed by atoms with E-state index in [2.05, 4.69) is 0 Å². The van der Waals surface area contributed by atoms with E-state index in [4.69, 9.17) is 0 Å². The molecule has 3 rings (SSSR count). The largest absolute Gasteiger partial charge is 0.465 e. The van der Waals surface area contributed by atoms with Gasteiger partial charge in [0.2, 0.25) is 5.91 Å². The van der Waals surface area contributed by atoms with Gasteiger partial charge in [-0.1, -0.05) is 36.4 Å². The van der Waals surface area contributed by atoms with Crippen LogP contribution < -0.4 is 9.80 Å². The van der Waals surface area contributed by atoms with E-state index < -0.39 is 11.8 Å². The highest BCUT2D eigenvalue weighted by molar-refractivity contribution is 5.98. The highest BCUT2D eigenvalue weighted by Gasteiger charge is 2.46. The van der Waals surface area contributed by atoms with E-state index in [9.17, 15) is 14.7 Å². The number of nitrogens with zero attached hydrogens (tertiary/aromatic N) is 2. The van der Waals surface area contributed by atoms with Crippen molar-refractivity contribution >= 4 is 23.4 Å². The van der Waals surface area contributed by atoms with Crippen LogP contribution in [0.5, 0.6) is 0 Å². The number of para-hydroxylation sites is 2. The molecule has 1 atom stereocenters. The molecule has 1 heterocycles. The van der Waals surface area contributed by atoms with Crippen molar-refractivity contribution in [3.05, 3.63) is 60.2 Å². The second-order valence-corrected chi connectivity index (χ2v) is 6.15. The molecule has 0 aromatic heterocycles. The zero-order valence-corrected chi connectivity index (χ0v) is 13.8. The smallest absolute Gasteiger partial charge is 0.413 e. The number of rotatable bonds is 2. The quantitative estimate of drug-likeness (QED) is 0.912. The van der Waals surface area contributed by atoms with Gasteiger partial charge in [-0.15, -0.1) is 0 Å². The first-order chi connectivity index (χ1) is 11.4. The highest BCUT2D eigenvalue weighted by atomic mass is 16.4. The van der Waals surface area contributed by atoms with E-state index in [0.717, 1.165) is 5.56 Å². The number of amides is 2. The van der Waals surface area contributed by atoms with E-state index in [1.54, 1.807) is 11.0 Å². The Hall–Kier alpha value is -2.82. The average molecular weight is 324 g/mol. The number of hydrogen-bond donors (Lipinski definition) is 1. The zero-order chi connectivity index (χ0) is 17.3. The van der Waals surface area contributed by atoms with Crippen molar-refractivity contribution in [1.29, 1.82) is 0 Å². The van der Waals surface area contributed by atoms with Crippen LogP contribution in [0.2, 0.25) is 0 Å². The number of hydrogen-bond acceptors (Lipinski definition) is 2. The minimum atomic E-state index is -1.06. The van der Waals surface area contributed by atoms with Gasteiger partial charge in [-0.2, -0.15) is 0 Å². The van der Waals surface area contributed by atoms with E-state index >= 15 is 0 Å². The molecule has 2 amide bonds. The Labute approximate surface area is 141 Å². The minimum absolute atomic E-state index is 0.186. The van der Waals surface area contributed by atoms with Crippen LogP contribution in [0.3, 0.4) is 0 Å². The van der Waals surface area contributed by atoms with Crippen LogP contribution in [0.15, 0.2) is 54.6 Å². The van der Waals surface area contributed by atoms with Gasteiger partial charge in [0.1, 0.15) is 5.66 Å². The first-order valence-corrected chi connectivity index (χ1v) is 7.92. The summed E-state index contributed by atoms with van der Waals surface area (Å²) in [5, 5.41) is 9.89. The summed E-state index contributed by atoms with van der Waals surface area (Å²) in [5.74, 6) is -0.186. The molecule has 124 valence electrons. The monoisotopic (exact) mass is 324 g/mol. The molecule has 0 radical (unpaired) electrons. The summed E-state index contributed by atoms with van der Waals surface area (Å²) in [5.41, 5.74) is 1.33. The second-order valence-electron chi connectivity index (χ2n) is 6.15. The summed E-state index contributed by atoms with van der Waals surface area (Å²) in [6.07, 6.45) is 0.185. The number of aryl methyl sites for hydroxylation is 1. The van der Waals surface area contributed by atoms with Gasteiger partial charge in [-0.25, -0.2) is 4.79 Å². The van der Waals surface area contributed by atoms with Crippen molar-refractivity contribution in [3.63, 3.8) is 0 Å². The molecule has 1 aliphatic heterocycles. The number of benzene rings is 2. The van der Waals surface area contributed by atoms with Crippen LogP contribution in [-0.4, -0.2) is 22.8 Å². The topological polar surface area (TPSA) is 60.9 Å². The molecule has 0 aliphatic carbocycles. The van der Waals surface area contributed by atoms with E-state index in [-0.39, 0.29) is 5.91 Å². The van der Waals surface area contributed by atoms with Crippen molar-refractivity contribution in [2.45, 2.75) is 32.4 Å². The van der Waals surface area contributed by atoms with Crippen LogP contribution in [-0.2, 0) is 11.2 Å². The van der Waals surface area contributed by atoms with Crippen molar-refractivity contribution in [2.75, 3.05) is 9.80 Å².